The zero-order valence-corrected chi connectivity index (χ0v) is 13.0. The molecule has 0 amide bonds. The van der Waals surface area contributed by atoms with Gasteiger partial charge in [0.05, 0.1) is 23.2 Å². The number of nitro benzene ring substituents is 1. The summed E-state index contributed by atoms with van der Waals surface area (Å²) in [6.45, 7) is 4.68. The summed E-state index contributed by atoms with van der Waals surface area (Å²) in [6, 6.07) is 4.99. The Balaban J connectivity index is 2.37. The number of anilines is 1. The molecule has 1 atom stereocenters. The third-order valence-corrected chi connectivity index (χ3v) is 3.65. The Morgan fingerprint density at radius 3 is 2.90 bits per heavy atom. The van der Waals surface area contributed by atoms with Crippen LogP contribution in [0.25, 0.3) is 0 Å². The van der Waals surface area contributed by atoms with Crippen LogP contribution in [0.15, 0.2) is 22.7 Å². The largest absolute Gasteiger partial charge is 0.394 e. The van der Waals surface area contributed by atoms with E-state index in [2.05, 4.69) is 15.9 Å². The van der Waals surface area contributed by atoms with E-state index < -0.39 is 10.5 Å². The smallest absolute Gasteiger partial charge is 0.293 e. The summed E-state index contributed by atoms with van der Waals surface area (Å²) in [7, 11) is 0. The van der Waals surface area contributed by atoms with Gasteiger partial charge in [0.1, 0.15) is 5.69 Å². The molecule has 0 aromatic heterocycles. The van der Waals surface area contributed by atoms with Crippen molar-refractivity contribution < 1.29 is 14.8 Å². The van der Waals surface area contributed by atoms with Gasteiger partial charge in [-0.25, -0.2) is 0 Å². The molecule has 1 heterocycles. The van der Waals surface area contributed by atoms with Crippen LogP contribution in [0.2, 0.25) is 0 Å². The van der Waals surface area contributed by atoms with E-state index in [-0.39, 0.29) is 18.4 Å². The highest BCUT2D eigenvalue weighted by Crippen LogP contribution is 2.34. The first-order valence-corrected chi connectivity index (χ1v) is 7.09. The molecule has 1 fully saturated rings. The second-order valence-electron chi connectivity index (χ2n) is 5.45. The molecule has 0 bridgehead atoms. The lowest BCUT2D eigenvalue weighted by molar-refractivity contribution is -0.384. The monoisotopic (exact) mass is 344 g/mol. The molecule has 1 N–H and O–H groups in total. The highest BCUT2D eigenvalue weighted by atomic mass is 79.9. The van der Waals surface area contributed by atoms with Crippen molar-refractivity contribution in [2.45, 2.75) is 25.6 Å². The van der Waals surface area contributed by atoms with Crippen LogP contribution >= 0.6 is 15.9 Å². The number of nitrogens with zero attached hydrogens (tertiary/aromatic N) is 2. The Morgan fingerprint density at radius 1 is 1.60 bits per heavy atom. The van der Waals surface area contributed by atoms with Crippen molar-refractivity contribution in [3.63, 3.8) is 0 Å². The quantitative estimate of drug-likeness (QED) is 0.672. The van der Waals surface area contributed by atoms with Crippen molar-refractivity contribution in [3.05, 3.63) is 32.8 Å². The van der Waals surface area contributed by atoms with E-state index in [4.69, 9.17) is 4.74 Å². The van der Waals surface area contributed by atoms with Gasteiger partial charge in [-0.2, -0.15) is 0 Å². The van der Waals surface area contributed by atoms with Crippen LogP contribution in [0.4, 0.5) is 11.4 Å². The van der Waals surface area contributed by atoms with E-state index >= 15 is 0 Å². The Bertz CT molecular complexity index is 521. The first-order chi connectivity index (χ1) is 9.32. The Morgan fingerprint density at radius 2 is 2.30 bits per heavy atom. The summed E-state index contributed by atoms with van der Waals surface area (Å²) in [5.41, 5.74) is 0.133. The molecule has 2 rings (SSSR count). The minimum absolute atomic E-state index is 0.0498. The van der Waals surface area contributed by atoms with Gasteiger partial charge in [-0.15, -0.1) is 0 Å². The summed E-state index contributed by atoms with van der Waals surface area (Å²) in [5, 5.41) is 20.5. The van der Waals surface area contributed by atoms with Crippen LogP contribution in [0.3, 0.4) is 0 Å². The number of aliphatic hydroxyl groups excluding tert-OH is 1. The van der Waals surface area contributed by atoms with Gasteiger partial charge in [-0.05, 0) is 26.0 Å². The molecule has 20 heavy (non-hydrogen) atoms. The first-order valence-electron chi connectivity index (χ1n) is 6.30. The maximum atomic E-state index is 11.2. The number of hydrogen-bond acceptors (Lipinski definition) is 5. The molecule has 0 aliphatic carbocycles. The highest BCUT2D eigenvalue weighted by Gasteiger charge is 2.35. The number of ether oxygens (including phenoxy) is 1. The molecule has 0 saturated carbocycles. The zero-order valence-electron chi connectivity index (χ0n) is 11.4. The average molecular weight is 345 g/mol. The lowest BCUT2D eigenvalue weighted by Gasteiger charge is -2.43. The standard InChI is InChI=1S/C13H17BrN2O4/c1-13(2)8-15(6-10(7-17)20-13)11-4-3-9(14)5-12(11)16(18)19/h3-5,10,17H,6-8H2,1-2H3. The minimum atomic E-state index is -0.466. The fourth-order valence-corrected chi connectivity index (χ4v) is 2.83. The lowest BCUT2D eigenvalue weighted by atomic mass is 10.0. The van der Waals surface area contributed by atoms with Gasteiger partial charge in [0, 0.05) is 23.6 Å². The van der Waals surface area contributed by atoms with Crippen molar-refractivity contribution in [1.82, 2.24) is 0 Å². The summed E-state index contributed by atoms with van der Waals surface area (Å²) < 4.78 is 6.39. The molecule has 6 nitrogen and oxygen atoms in total. The van der Waals surface area contributed by atoms with Crippen molar-refractivity contribution in [3.8, 4) is 0 Å². The number of benzene rings is 1. The summed E-state index contributed by atoms with van der Waals surface area (Å²) in [4.78, 5) is 12.7. The Labute approximate surface area is 125 Å². The average Bonchev–Trinajstić information content (AvgIpc) is 2.36. The molecule has 0 radical (unpaired) electrons. The number of morpholine rings is 1. The summed E-state index contributed by atoms with van der Waals surface area (Å²) >= 11 is 3.25. The summed E-state index contributed by atoms with van der Waals surface area (Å²) in [5.74, 6) is 0. The van der Waals surface area contributed by atoms with E-state index in [0.717, 1.165) is 0 Å². The minimum Gasteiger partial charge on any atom is -0.394 e. The molecule has 1 aromatic carbocycles. The fraction of sp³-hybridized carbons (Fsp3) is 0.538. The predicted molar refractivity (Wildman–Crippen MR) is 79.0 cm³/mol. The van der Waals surface area contributed by atoms with Gasteiger partial charge in [-0.1, -0.05) is 15.9 Å². The number of hydrogen-bond donors (Lipinski definition) is 1. The first kappa shape index (κ1) is 15.2. The van der Waals surface area contributed by atoms with Gasteiger partial charge >= 0.3 is 0 Å². The Kier molecular flexibility index (Phi) is 4.31. The SMILES string of the molecule is CC1(C)CN(c2ccc(Br)cc2[N+](=O)[O-])CC(CO)O1. The second-order valence-corrected chi connectivity index (χ2v) is 6.37. The Hall–Kier alpha value is -1.18. The summed E-state index contributed by atoms with van der Waals surface area (Å²) in [6.07, 6.45) is -0.345. The highest BCUT2D eigenvalue weighted by molar-refractivity contribution is 9.10. The van der Waals surface area contributed by atoms with Gasteiger partial charge in [0.2, 0.25) is 0 Å². The van der Waals surface area contributed by atoms with Crippen LogP contribution in [-0.4, -0.2) is 41.4 Å². The van der Waals surface area contributed by atoms with Gasteiger partial charge in [0.25, 0.3) is 5.69 Å². The molecule has 1 saturated heterocycles. The molecule has 1 unspecified atom stereocenters. The van der Waals surface area contributed by atoms with E-state index in [1.54, 1.807) is 12.1 Å². The van der Waals surface area contributed by atoms with E-state index in [1.165, 1.54) is 6.07 Å². The number of rotatable bonds is 3. The molecular weight excluding hydrogens is 328 g/mol. The molecule has 110 valence electrons. The molecule has 0 spiro atoms. The molecule has 1 aliphatic rings. The van der Waals surface area contributed by atoms with Gasteiger partial charge < -0.3 is 14.7 Å². The van der Waals surface area contributed by atoms with Gasteiger partial charge in [0.15, 0.2) is 0 Å². The molecular formula is C13H17BrN2O4. The van der Waals surface area contributed by atoms with E-state index in [9.17, 15) is 15.2 Å². The van der Waals surface area contributed by atoms with Crippen molar-refractivity contribution in [1.29, 1.82) is 0 Å². The van der Waals surface area contributed by atoms with E-state index in [0.29, 0.717) is 23.2 Å². The third-order valence-electron chi connectivity index (χ3n) is 3.16. The maximum absolute atomic E-state index is 11.2. The number of nitro groups is 1. The predicted octanol–water partition coefficient (Wildman–Crippen LogP) is 2.33. The number of halogens is 1. The van der Waals surface area contributed by atoms with Crippen LogP contribution in [0, 0.1) is 10.1 Å². The fourth-order valence-electron chi connectivity index (χ4n) is 2.48. The van der Waals surface area contributed by atoms with Crippen LogP contribution in [0.5, 0.6) is 0 Å². The van der Waals surface area contributed by atoms with Crippen LogP contribution in [0.1, 0.15) is 13.8 Å². The van der Waals surface area contributed by atoms with Crippen molar-refractivity contribution >= 4 is 27.3 Å². The molecule has 7 heteroatoms. The van der Waals surface area contributed by atoms with Crippen LogP contribution < -0.4 is 4.90 Å². The normalized spacial score (nSPS) is 21.8. The third kappa shape index (κ3) is 3.28. The zero-order chi connectivity index (χ0) is 14.9. The van der Waals surface area contributed by atoms with Crippen LogP contribution in [-0.2, 0) is 4.74 Å². The van der Waals surface area contributed by atoms with Crippen molar-refractivity contribution in [2.75, 3.05) is 24.6 Å². The lowest BCUT2D eigenvalue weighted by Crippen LogP contribution is -2.54. The van der Waals surface area contributed by atoms with Crippen molar-refractivity contribution in [2.24, 2.45) is 0 Å². The van der Waals surface area contributed by atoms with Gasteiger partial charge in [-0.3, -0.25) is 10.1 Å². The second kappa shape index (κ2) is 5.67. The number of aliphatic hydroxyl groups is 1. The maximum Gasteiger partial charge on any atom is 0.293 e. The topological polar surface area (TPSA) is 75.8 Å². The molecule has 1 aliphatic heterocycles. The van der Waals surface area contributed by atoms with E-state index in [1.807, 2.05) is 18.7 Å². The molecule has 1 aromatic rings.